The molecule has 162 valence electrons. The Morgan fingerprint density at radius 2 is 1.87 bits per heavy atom. The minimum absolute atomic E-state index is 0.0127. The van der Waals surface area contributed by atoms with E-state index in [9.17, 15) is 9.59 Å². The number of benzene rings is 1. The van der Waals surface area contributed by atoms with Gasteiger partial charge >= 0.3 is 0 Å². The fourth-order valence-corrected chi connectivity index (χ4v) is 5.72. The molecule has 1 aromatic rings. The highest BCUT2D eigenvalue weighted by molar-refractivity contribution is 8.00. The number of carbonyl (C=O) groups is 2. The van der Waals surface area contributed by atoms with Crippen LogP contribution in [-0.4, -0.2) is 42.7 Å². The van der Waals surface area contributed by atoms with E-state index in [1.807, 2.05) is 14.1 Å². The minimum atomic E-state index is -0.357. The Morgan fingerprint density at radius 3 is 2.53 bits per heavy atom. The maximum atomic E-state index is 13.3. The Balaban J connectivity index is 1.71. The fourth-order valence-electron chi connectivity index (χ4n) is 4.66. The summed E-state index contributed by atoms with van der Waals surface area (Å²) in [6.07, 6.45) is 3.16. The first-order valence-corrected chi connectivity index (χ1v) is 11.8. The van der Waals surface area contributed by atoms with Crippen LogP contribution in [0.15, 0.2) is 35.5 Å². The van der Waals surface area contributed by atoms with Crippen molar-refractivity contribution in [1.82, 2.24) is 16.0 Å². The zero-order valence-corrected chi connectivity index (χ0v) is 19.0. The average molecular weight is 429 g/mol. The topological polar surface area (TPSA) is 73.5 Å². The Morgan fingerprint density at radius 1 is 1.13 bits per heavy atom. The number of hydrogen-bond donors (Lipinski definition) is 3. The summed E-state index contributed by atoms with van der Waals surface area (Å²) in [4.78, 5) is 28.3. The van der Waals surface area contributed by atoms with E-state index in [-0.39, 0.29) is 35.2 Å². The number of fused-ring (bicyclic) bond motifs is 1. The molecule has 0 radical (unpaired) electrons. The molecule has 30 heavy (non-hydrogen) atoms. The summed E-state index contributed by atoms with van der Waals surface area (Å²) in [6.45, 7) is 4.33. The zero-order valence-electron chi connectivity index (χ0n) is 18.2. The summed E-state index contributed by atoms with van der Waals surface area (Å²) >= 11 is 1.74. The molecule has 0 aromatic heterocycles. The number of thioether (sulfide) groups is 1. The molecule has 0 saturated carbocycles. The number of nitrogens with one attached hydrogen (secondary N) is 3. The second-order valence-corrected chi connectivity index (χ2v) is 10.2. The van der Waals surface area contributed by atoms with Crippen LogP contribution in [0.3, 0.4) is 0 Å². The lowest BCUT2D eigenvalue weighted by Crippen LogP contribution is -2.68. The Bertz CT molecular complexity index is 851. The third-order valence-electron chi connectivity index (χ3n) is 6.43. The van der Waals surface area contributed by atoms with Gasteiger partial charge in [0.1, 0.15) is 5.50 Å². The maximum Gasteiger partial charge on any atom is 0.229 e. The lowest BCUT2D eigenvalue weighted by molar-refractivity contribution is -0.130. The molecule has 1 saturated heterocycles. The summed E-state index contributed by atoms with van der Waals surface area (Å²) in [7, 11) is 4.02. The van der Waals surface area contributed by atoms with Gasteiger partial charge in [0.05, 0.1) is 12.1 Å². The van der Waals surface area contributed by atoms with Crippen molar-refractivity contribution in [3.63, 3.8) is 0 Å². The van der Waals surface area contributed by atoms with Crippen molar-refractivity contribution in [2.45, 2.75) is 62.4 Å². The summed E-state index contributed by atoms with van der Waals surface area (Å²) in [6, 6.07) is 8.27. The SMILES string of the molecule is CCC(C)SC1NC(=O)C2C(NC3=C(C(=O)CCC3)C2c2ccc(N(C)C)cc2)N1. The van der Waals surface area contributed by atoms with Crippen LogP contribution in [0.25, 0.3) is 0 Å². The first-order valence-electron chi connectivity index (χ1n) is 10.9. The highest BCUT2D eigenvalue weighted by Crippen LogP contribution is 2.44. The number of ketones is 1. The number of amides is 1. The van der Waals surface area contributed by atoms with Gasteiger partial charge in [-0.2, -0.15) is 0 Å². The predicted octanol–water partition coefficient (Wildman–Crippen LogP) is 2.92. The highest BCUT2D eigenvalue weighted by Gasteiger charge is 2.49. The first kappa shape index (κ1) is 21.2. The van der Waals surface area contributed by atoms with Gasteiger partial charge in [0, 0.05) is 48.6 Å². The number of anilines is 1. The van der Waals surface area contributed by atoms with Gasteiger partial charge in [0.25, 0.3) is 0 Å². The van der Waals surface area contributed by atoms with Crippen molar-refractivity contribution in [1.29, 1.82) is 0 Å². The van der Waals surface area contributed by atoms with Crippen LogP contribution in [0.1, 0.15) is 51.0 Å². The molecule has 7 heteroatoms. The molecule has 2 aliphatic heterocycles. The predicted molar refractivity (Wildman–Crippen MR) is 122 cm³/mol. The standard InChI is InChI=1S/C23H32N4O2S/c1-5-13(2)30-23-25-21-20(22(29)26-23)18(14-9-11-15(12-10-14)27(3)4)19-16(24-21)7-6-8-17(19)28/h9-13,18,20-21,23-25H,5-8H2,1-4H3,(H,26,29). The van der Waals surface area contributed by atoms with Gasteiger partial charge in [-0.05, 0) is 37.0 Å². The molecular formula is C23H32N4O2S. The van der Waals surface area contributed by atoms with E-state index in [1.54, 1.807) is 11.8 Å². The molecule has 1 aliphatic carbocycles. The Hall–Kier alpha value is -1.99. The molecular weight excluding hydrogens is 396 g/mol. The highest BCUT2D eigenvalue weighted by atomic mass is 32.2. The van der Waals surface area contributed by atoms with Gasteiger partial charge in [0.2, 0.25) is 5.91 Å². The van der Waals surface area contributed by atoms with Crippen molar-refractivity contribution in [2.75, 3.05) is 19.0 Å². The van der Waals surface area contributed by atoms with E-state index >= 15 is 0 Å². The summed E-state index contributed by atoms with van der Waals surface area (Å²) in [5, 5.41) is 10.7. The van der Waals surface area contributed by atoms with Crippen LogP contribution in [0.5, 0.6) is 0 Å². The molecule has 0 spiro atoms. The van der Waals surface area contributed by atoms with Gasteiger partial charge in [-0.15, -0.1) is 11.8 Å². The molecule has 6 nitrogen and oxygen atoms in total. The van der Waals surface area contributed by atoms with Gasteiger partial charge in [-0.3, -0.25) is 14.9 Å². The Labute approximate surface area is 183 Å². The molecule has 1 fully saturated rings. The number of nitrogens with zero attached hydrogens (tertiary/aromatic N) is 1. The van der Waals surface area contributed by atoms with Crippen molar-refractivity contribution < 1.29 is 9.59 Å². The smallest absolute Gasteiger partial charge is 0.229 e. The average Bonchev–Trinajstić information content (AvgIpc) is 2.72. The number of allylic oxidation sites excluding steroid dienone is 2. The molecule has 2 heterocycles. The second kappa shape index (κ2) is 8.63. The number of Topliss-reactive ketones (excluding diaryl/α,β-unsaturated/α-hetero) is 1. The van der Waals surface area contributed by atoms with Crippen molar-refractivity contribution >= 4 is 29.1 Å². The van der Waals surface area contributed by atoms with E-state index in [4.69, 9.17) is 0 Å². The largest absolute Gasteiger partial charge is 0.378 e. The third-order valence-corrected chi connectivity index (χ3v) is 7.76. The van der Waals surface area contributed by atoms with Crippen LogP contribution < -0.4 is 20.9 Å². The third kappa shape index (κ3) is 3.97. The van der Waals surface area contributed by atoms with Crippen LogP contribution in [0, 0.1) is 5.92 Å². The molecule has 5 atom stereocenters. The maximum absolute atomic E-state index is 13.3. The van der Waals surface area contributed by atoms with Gasteiger partial charge in [-0.25, -0.2) is 0 Å². The quantitative estimate of drug-likeness (QED) is 0.670. The monoisotopic (exact) mass is 428 g/mol. The molecule has 1 aromatic carbocycles. The lowest BCUT2D eigenvalue weighted by atomic mass is 9.70. The normalized spacial score (nSPS) is 29.5. The zero-order chi connectivity index (χ0) is 21.4. The minimum Gasteiger partial charge on any atom is -0.378 e. The van der Waals surface area contributed by atoms with E-state index in [1.165, 1.54) is 0 Å². The number of carbonyl (C=O) groups excluding carboxylic acids is 2. The number of hydrogen-bond acceptors (Lipinski definition) is 6. The van der Waals surface area contributed by atoms with Gasteiger partial charge < -0.3 is 15.5 Å². The van der Waals surface area contributed by atoms with Crippen LogP contribution in [-0.2, 0) is 9.59 Å². The van der Waals surface area contributed by atoms with Crippen molar-refractivity contribution in [2.24, 2.45) is 5.92 Å². The first-order chi connectivity index (χ1) is 14.4. The molecule has 1 amide bonds. The van der Waals surface area contributed by atoms with E-state index in [0.717, 1.165) is 41.8 Å². The van der Waals surface area contributed by atoms with Crippen LogP contribution in [0.2, 0.25) is 0 Å². The molecule has 4 rings (SSSR count). The second-order valence-electron chi connectivity index (χ2n) is 8.69. The fraction of sp³-hybridized carbons (Fsp3) is 0.565. The number of rotatable bonds is 5. The van der Waals surface area contributed by atoms with Crippen molar-refractivity contribution in [3.05, 3.63) is 41.1 Å². The molecule has 0 bridgehead atoms. The summed E-state index contributed by atoms with van der Waals surface area (Å²) in [5.74, 6) is -0.395. The van der Waals surface area contributed by atoms with E-state index in [2.05, 4.69) is 59.0 Å². The van der Waals surface area contributed by atoms with Crippen LogP contribution >= 0.6 is 11.8 Å². The van der Waals surface area contributed by atoms with Crippen molar-refractivity contribution in [3.8, 4) is 0 Å². The molecule has 3 aliphatic rings. The van der Waals surface area contributed by atoms with E-state index in [0.29, 0.717) is 11.7 Å². The van der Waals surface area contributed by atoms with E-state index < -0.39 is 0 Å². The van der Waals surface area contributed by atoms with Gasteiger partial charge in [0.15, 0.2) is 5.78 Å². The summed E-state index contributed by atoms with van der Waals surface area (Å²) < 4.78 is 0. The van der Waals surface area contributed by atoms with Gasteiger partial charge in [-0.1, -0.05) is 26.0 Å². The Kier molecular flexibility index (Phi) is 6.11. The lowest BCUT2D eigenvalue weighted by Gasteiger charge is -2.47. The summed E-state index contributed by atoms with van der Waals surface area (Å²) in [5.41, 5.74) is 3.84. The molecule has 5 unspecified atom stereocenters. The van der Waals surface area contributed by atoms with Crippen LogP contribution in [0.4, 0.5) is 5.69 Å². The molecule has 3 N–H and O–H groups in total.